The predicted molar refractivity (Wildman–Crippen MR) is 78.7 cm³/mol. The van der Waals surface area contributed by atoms with Crippen LogP contribution in [0, 0.1) is 5.92 Å². The van der Waals surface area contributed by atoms with E-state index in [1.807, 2.05) is 13.0 Å². The molecule has 1 N–H and O–H groups in total. The van der Waals surface area contributed by atoms with Gasteiger partial charge in [-0.3, -0.25) is 9.48 Å². The van der Waals surface area contributed by atoms with E-state index in [1.165, 1.54) is 5.57 Å². The lowest BCUT2D eigenvalue weighted by atomic mass is 10.0. The van der Waals surface area contributed by atoms with Gasteiger partial charge in [0.2, 0.25) is 0 Å². The first kappa shape index (κ1) is 15.0. The number of hydrogen-bond acceptors (Lipinski definition) is 2. The minimum absolute atomic E-state index is 0.207. The number of aromatic nitrogens is 2. The van der Waals surface area contributed by atoms with Gasteiger partial charge in [0, 0.05) is 24.9 Å². The number of allylic oxidation sites excluding steroid dienone is 3. The lowest BCUT2D eigenvalue weighted by molar-refractivity contribution is -0.112. The standard InChI is InChI=1S/C15H21N3O/c1-6-13(8-7-12(4)11(2)3)15(19)16-14-9-10-18(5)17-14/h6-11H,1H2,2-5H3,(H,16,17,19)/b12-7+,13-8+. The molecule has 0 aliphatic heterocycles. The van der Waals surface area contributed by atoms with Crippen LogP contribution in [0.5, 0.6) is 0 Å². The van der Waals surface area contributed by atoms with Crippen LogP contribution in [0.3, 0.4) is 0 Å². The number of nitrogens with zero attached hydrogens (tertiary/aromatic N) is 2. The maximum absolute atomic E-state index is 12.0. The Labute approximate surface area is 114 Å². The Hall–Kier alpha value is -2.10. The van der Waals surface area contributed by atoms with Crippen molar-refractivity contribution in [1.82, 2.24) is 9.78 Å². The minimum atomic E-state index is -0.207. The van der Waals surface area contributed by atoms with Crippen LogP contribution in [0.25, 0.3) is 0 Å². The third-order valence-corrected chi connectivity index (χ3v) is 2.87. The van der Waals surface area contributed by atoms with E-state index in [4.69, 9.17) is 0 Å². The zero-order valence-corrected chi connectivity index (χ0v) is 12.0. The van der Waals surface area contributed by atoms with E-state index in [0.717, 1.165) is 0 Å². The molecule has 1 aromatic heterocycles. The molecule has 0 spiro atoms. The summed E-state index contributed by atoms with van der Waals surface area (Å²) in [5, 5.41) is 6.83. The monoisotopic (exact) mass is 259 g/mol. The van der Waals surface area contributed by atoms with Gasteiger partial charge in [0.15, 0.2) is 5.82 Å². The molecule has 102 valence electrons. The van der Waals surface area contributed by atoms with Crippen LogP contribution in [0.4, 0.5) is 5.82 Å². The van der Waals surface area contributed by atoms with Crippen molar-refractivity contribution in [3.8, 4) is 0 Å². The van der Waals surface area contributed by atoms with Crippen molar-refractivity contribution in [2.75, 3.05) is 5.32 Å². The van der Waals surface area contributed by atoms with E-state index in [2.05, 4.69) is 30.8 Å². The van der Waals surface area contributed by atoms with E-state index in [-0.39, 0.29) is 5.91 Å². The Morgan fingerprint density at radius 2 is 2.16 bits per heavy atom. The highest BCUT2D eigenvalue weighted by Crippen LogP contribution is 2.10. The Kier molecular flexibility index (Phi) is 5.30. The van der Waals surface area contributed by atoms with Gasteiger partial charge in [0.25, 0.3) is 5.91 Å². The van der Waals surface area contributed by atoms with E-state index in [9.17, 15) is 4.79 Å². The first-order chi connectivity index (χ1) is 8.93. The molecule has 1 heterocycles. The molecule has 0 atom stereocenters. The average molecular weight is 259 g/mol. The topological polar surface area (TPSA) is 46.9 Å². The Bertz CT molecular complexity index is 521. The molecule has 0 aliphatic rings. The Morgan fingerprint density at radius 1 is 1.47 bits per heavy atom. The third-order valence-electron chi connectivity index (χ3n) is 2.87. The molecule has 0 aromatic carbocycles. The Morgan fingerprint density at radius 3 is 2.63 bits per heavy atom. The second kappa shape index (κ2) is 6.73. The molecule has 1 amide bonds. The number of aryl methyl sites for hydroxylation is 1. The van der Waals surface area contributed by atoms with E-state index >= 15 is 0 Å². The molecule has 19 heavy (non-hydrogen) atoms. The van der Waals surface area contributed by atoms with Crippen LogP contribution in [-0.4, -0.2) is 15.7 Å². The number of rotatable bonds is 5. The number of anilines is 1. The minimum Gasteiger partial charge on any atom is -0.305 e. The number of carbonyl (C=O) groups is 1. The van der Waals surface area contributed by atoms with E-state index in [1.54, 1.807) is 36.1 Å². The van der Waals surface area contributed by atoms with Gasteiger partial charge in [0.05, 0.1) is 0 Å². The molecule has 0 radical (unpaired) electrons. The van der Waals surface area contributed by atoms with E-state index < -0.39 is 0 Å². The first-order valence-electron chi connectivity index (χ1n) is 6.26. The molecule has 0 saturated heterocycles. The number of carbonyl (C=O) groups excluding carboxylic acids is 1. The van der Waals surface area contributed by atoms with E-state index in [0.29, 0.717) is 17.3 Å². The summed E-state index contributed by atoms with van der Waals surface area (Å²) in [5.41, 5.74) is 1.73. The van der Waals surface area contributed by atoms with Crippen LogP contribution >= 0.6 is 0 Å². The highest BCUT2D eigenvalue weighted by molar-refractivity contribution is 6.05. The quantitative estimate of drug-likeness (QED) is 0.652. The van der Waals surface area contributed by atoms with Gasteiger partial charge in [-0.05, 0) is 18.9 Å². The summed E-state index contributed by atoms with van der Waals surface area (Å²) < 4.78 is 1.63. The summed E-state index contributed by atoms with van der Waals surface area (Å²) in [6, 6.07) is 1.74. The highest BCUT2D eigenvalue weighted by Gasteiger charge is 2.07. The highest BCUT2D eigenvalue weighted by atomic mass is 16.1. The summed E-state index contributed by atoms with van der Waals surface area (Å²) in [4.78, 5) is 12.0. The average Bonchev–Trinajstić information content (AvgIpc) is 2.75. The van der Waals surface area contributed by atoms with Crippen molar-refractivity contribution in [3.63, 3.8) is 0 Å². The number of nitrogens with one attached hydrogen (secondary N) is 1. The smallest absolute Gasteiger partial charge is 0.256 e. The number of hydrogen-bond donors (Lipinski definition) is 1. The molecule has 0 unspecified atom stereocenters. The van der Waals surface area contributed by atoms with Crippen LogP contribution in [0.15, 0.2) is 48.2 Å². The van der Waals surface area contributed by atoms with Gasteiger partial charge in [-0.2, -0.15) is 5.10 Å². The zero-order valence-electron chi connectivity index (χ0n) is 12.0. The summed E-state index contributed by atoms with van der Waals surface area (Å²) in [7, 11) is 1.80. The molecule has 0 aliphatic carbocycles. The third kappa shape index (κ3) is 4.58. The molecular weight excluding hydrogens is 238 g/mol. The van der Waals surface area contributed by atoms with Gasteiger partial charge in [-0.25, -0.2) is 0 Å². The summed E-state index contributed by atoms with van der Waals surface area (Å²) in [6.07, 6.45) is 7.04. The molecular formula is C15H21N3O. The lowest BCUT2D eigenvalue weighted by Gasteiger charge is -2.04. The Balaban J connectivity index is 2.80. The van der Waals surface area contributed by atoms with Crippen LogP contribution in [0.1, 0.15) is 20.8 Å². The fourth-order valence-corrected chi connectivity index (χ4v) is 1.32. The van der Waals surface area contributed by atoms with Gasteiger partial charge >= 0.3 is 0 Å². The summed E-state index contributed by atoms with van der Waals surface area (Å²) >= 11 is 0. The maximum Gasteiger partial charge on any atom is 0.256 e. The van der Waals surface area contributed by atoms with Gasteiger partial charge in [-0.1, -0.05) is 38.2 Å². The molecule has 1 rings (SSSR count). The van der Waals surface area contributed by atoms with Crippen LogP contribution in [-0.2, 0) is 11.8 Å². The van der Waals surface area contributed by atoms with Crippen molar-refractivity contribution >= 4 is 11.7 Å². The van der Waals surface area contributed by atoms with Crippen molar-refractivity contribution in [1.29, 1.82) is 0 Å². The normalized spacial score (nSPS) is 12.7. The molecule has 0 bridgehead atoms. The van der Waals surface area contributed by atoms with Crippen molar-refractivity contribution < 1.29 is 4.79 Å². The van der Waals surface area contributed by atoms with Gasteiger partial charge in [-0.15, -0.1) is 0 Å². The molecule has 4 nitrogen and oxygen atoms in total. The van der Waals surface area contributed by atoms with Gasteiger partial charge in [0.1, 0.15) is 0 Å². The molecule has 4 heteroatoms. The van der Waals surface area contributed by atoms with Crippen molar-refractivity contribution in [3.05, 3.63) is 48.2 Å². The molecule has 0 fully saturated rings. The van der Waals surface area contributed by atoms with Crippen molar-refractivity contribution in [2.24, 2.45) is 13.0 Å². The SMILES string of the molecule is C=C/C(=C\C=C(/C)C(C)C)C(=O)Nc1ccn(C)n1. The van der Waals surface area contributed by atoms with Gasteiger partial charge < -0.3 is 5.32 Å². The molecule has 0 saturated carbocycles. The first-order valence-corrected chi connectivity index (χ1v) is 6.26. The maximum atomic E-state index is 12.0. The van der Waals surface area contributed by atoms with Crippen molar-refractivity contribution in [2.45, 2.75) is 20.8 Å². The second-order valence-corrected chi connectivity index (χ2v) is 4.72. The predicted octanol–water partition coefficient (Wildman–Crippen LogP) is 3.07. The van der Waals surface area contributed by atoms with Crippen LogP contribution < -0.4 is 5.32 Å². The second-order valence-electron chi connectivity index (χ2n) is 4.72. The summed E-state index contributed by atoms with van der Waals surface area (Å²) in [5.74, 6) is 0.785. The summed E-state index contributed by atoms with van der Waals surface area (Å²) in [6.45, 7) is 9.93. The fraction of sp³-hybridized carbons (Fsp3) is 0.333. The van der Waals surface area contributed by atoms with Crippen LogP contribution in [0.2, 0.25) is 0 Å². The largest absolute Gasteiger partial charge is 0.305 e. The lowest BCUT2D eigenvalue weighted by Crippen LogP contribution is -2.13. The number of amides is 1. The molecule has 1 aromatic rings. The fourth-order valence-electron chi connectivity index (χ4n) is 1.32. The zero-order chi connectivity index (χ0) is 14.4.